The van der Waals surface area contributed by atoms with Crippen LogP contribution in [0.5, 0.6) is 5.75 Å². The molecule has 3 rings (SSSR count). The summed E-state index contributed by atoms with van der Waals surface area (Å²) in [5.41, 5.74) is 5.66. The van der Waals surface area contributed by atoms with Crippen molar-refractivity contribution in [3.8, 4) is 5.75 Å². The first kappa shape index (κ1) is 16.5. The van der Waals surface area contributed by atoms with Gasteiger partial charge in [0.25, 0.3) is 5.91 Å². The largest absolute Gasteiger partial charge is 0.505 e. The lowest BCUT2D eigenvalue weighted by atomic mass is 10.1. The molecule has 0 spiro atoms. The molecule has 2 aromatic rings. The second kappa shape index (κ2) is 6.63. The molecule has 1 aliphatic heterocycles. The van der Waals surface area contributed by atoms with E-state index in [1.807, 2.05) is 0 Å². The average Bonchev–Trinajstić information content (AvgIpc) is 2.63. The van der Waals surface area contributed by atoms with Crippen LogP contribution >= 0.6 is 0 Å². The number of benzene rings is 1. The number of nitrogens with zero attached hydrogens (tertiary/aromatic N) is 4. The Kier molecular flexibility index (Phi) is 4.38. The highest BCUT2D eigenvalue weighted by atomic mass is 16.4. The molecule has 2 heterocycles. The van der Waals surface area contributed by atoms with E-state index in [9.17, 15) is 19.8 Å². The number of nitrogens with two attached hydrogens (primary N) is 1. The summed E-state index contributed by atoms with van der Waals surface area (Å²) in [7, 11) is 0. The van der Waals surface area contributed by atoms with Crippen molar-refractivity contribution in [2.45, 2.75) is 6.04 Å². The SMILES string of the molecule is Nc1cccc(C(=O)N2CCN(c3ncccn3)CC2C(=O)O)c1O. The summed E-state index contributed by atoms with van der Waals surface area (Å²) < 4.78 is 0. The number of carboxylic acid groups (broad SMARTS) is 1. The minimum atomic E-state index is -1.14. The summed E-state index contributed by atoms with van der Waals surface area (Å²) in [6, 6.07) is 4.99. The zero-order valence-electron chi connectivity index (χ0n) is 13.2. The normalized spacial score (nSPS) is 17.4. The van der Waals surface area contributed by atoms with Gasteiger partial charge in [0.05, 0.1) is 17.8 Å². The van der Waals surface area contributed by atoms with Crippen molar-refractivity contribution in [2.24, 2.45) is 0 Å². The van der Waals surface area contributed by atoms with Crippen LogP contribution in [0.15, 0.2) is 36.7 Å². The topological polar surface area (TPSA) is 133 Å². The first-order chi connectivity index (χ1) is 12.0. The lowest BCUT2D eigenvalue weighted by Crippen LogP contribution is -2.58. The van der Waals surface area contributed by atoms with Crippen LogP contribution in [-0.4, -0.2) is 62.6 Å². The molecule has 9 nitrogen and oxygen atoms in total. The van der Waals surface area contributed by atoms with Crippen LogP contribution in [0.25, 0.3) is 0 Å². The van der Waals surface area contributed by atoms with Gasteiger partial charge in [-0.25, -0.2) is 14.8 Å². The van der Waals surface area contributed by atoms with E-state index in [2.05, 4.69) is 9.97 Å². The minimum Gasteiger partial charge on any atom is -0.505 e. The van der Waals surface area contributed by atoms with Gasteiger partial charge in [-0.05, 0) is 18.2 Å². The van der Waals surface area contributed by atoms with Gasteiger partial charge in [-0.3, -0.25) is 4.79 Å². The number of nitrogen functional groups attached to an aromatic ring is 1. The number of aliphatic carboxylic acids is 1. The third kappa shape index (κ3) is 3.16. The number of amides is 1. The fraction of sp³-hybridized carbons (Fsp3) is 0.250. The number of carboxylic acids is 1. The van der Waals surface area contributed by atoms with Gasteiger partial charge in [-0.2, -0.15) is 0 Å². The number of piperazine rings is 1. The Morgan fingerprint density at radius 1 is 1.16 bits per heavy atom. The second-order valence-electron chi connectivity index (χ2n) is 5.59. The molecule has 0 bridgehead atoms. The molecule has 0 aliphatic carbocycles. The van der Waals surface area contributed by atoms with Gasteiger partial charge in [-0.1, -0.05) is 6.07 Å². The van der Waals surface area contributed by atoms with Crippen LogP contribution in [0, 0.1) is 0 Å². The van der Waals surface area contributed by atoms with E-state index in [0.717, 1.165) is 0 Å². The van der Waals surface area contributed by atoms with Crippen LogP contribution in [0.1, 0.15) is 10.4 Å². The first-order valence-corrected chi connectivity index (χ1v) is 7.62. The quantitative estimate of drug-likeness (QED) is 0.531. The Hall–Kier alpha value is -3.36. The number of phenolic OH excluding ortho intramolecular Hbond substituents is 1. The number of aromatic hydroxyl groups is 1. The fourth-order valence-corrected chi connectivity index (χ4v) is 2.76. The van der Waals surface area contributed by atoms with Gasteiger partial charge in [-0.15, -0.1) is 0 Å². The molecule has 1 fully saturated rings. The predicted octanol–water partition coefficient (Wildman–Crippen LogP) is 0.180. The highest BCUT2D eigenvalue weighted by molar-refractivity contribution is 6.00. The molecule has 1 aliphatic rings. The van der Waals surface area contributed by atoms with Crippen molar-refractivity contribution in [3.05, 3.63) is 42.2 Å². The Morgan fingerprint density at radius 3 is 2.56 bits per heavy atom. The lowest BCUT2D eigenvalue weighted by molar-refractivity contribution is -0.142. The zero-order valence-corrected chi connectivity index (χ0v) is 13.2. The Bertz CT molecular complexity index is 798. The van der Waals surface area contributed by atoms with Gasteiger partial charge in [0.1, 0.15) is 6.04 Å². The van der Waals surface area contributed by atoms with Crippen molar-refractivity contribution in [1.29, 1.82) is 0 Å². The monoisotopic (exact) mass is 343 g/mol. The standard InChI is InChI=1S/C16H17N5O4/c17-11-4-1-3-10(13(11)22)14(23)21-8-7-20(9-12(21)15(24)25)16-18-5-2-6-19-16/h1-6,12,22H,7-9,17H2,(H,24,25). The molecule has 130 valence electrons. The first-order valence-electron chi connectivity index (χ1n) is 7.62. The summed E-state index contributed by atoms with van der Waals surface area (Å²) in [5, 5.41) is 19.5. The third-order valence-corrected chi connectivity index (χ3v) is 4.06. The van der Waals surface area contributed by atoms with Crippen molar-refractivity contribution in [3.63, 3.8) is 0 Å². The molecule has 1 atom stereocenters. The number of para-hydroxylation sites is 1. The summed E-state index contributed by atoms with van der Waals surface area (Å²) >= 11 is 0. The smallest absolute Gasteiger partial charge is 0.328 e. The van der Waals surface area contributed by atoms with E-state index in [4.69, 9.17) is 5.73 Å². The summed E-state index contributed by atoms with van der Waals surface area (Å²) in [5.74, 6) is -1.65. The van der Waals surface area contributed by atoms with E-state index >= 15 is 0 Å². The van der Waals surface area contributed by atoms with Gasteiger partial charge in [0, 0.05) is 25.5 Å². The number of carbonyl (C=O) groups is 2. The van der Waals surface area contributed by atoms with Crippen molar-refractivity contribution in [2.75, 3.05) is 30.3 Å². The van der Waals surface area contributed by atoms with Crippen molar-refractivity contribution < 1.29 is 19.8 Å². The van der Waals surface area contributed by atoms with Crippen molar-refractivity contribution >= 4 is 23.5 Å². The molecule has 1 saturated heterocycles. The summed E-state index contributed by atoms with van der Waals surface area (Å²) in [6.45, 7) is 0.582. The minimum absolute atomic E-state index is 0.0179. The predicted molar refractivity (Wildman–Crippen MR) is 89.2 cm³/mol. The maximum Gasteiger partial charge on any atom is 0.328 e. The number of rotatable bonds is 3. The van der Waals surface area contributed by atoms with Crippen LogP contribution in [0.3, 0.4) is 0 Å². The molecule has 1 aromatic carbocycles. The fourth-order valence-electron chi connectivity index (χ4n) is 2.76. The number of hydrogen-bond acceptors (Lipinski definition) is 7. The molecule has 25 heavy (non-hydrogen) atoms. The number of phenols is 1. The third-order valence-electron chi connectivity index (χ3n) is 4.06. The summed E-state index contributed by atoms with van der Waals surface area (Å²) in [4.78, 5) is 35.6. The van der Waals surface area contributed by atoms with Gasteiger partial charge >= 0.3 is 5.97 Å². The van der Waals surface area contributed by atoms with Crippen LogP contribution in [-0.2, 0) is 4.79 Å². The van der Waals surface area contributed by atoms with Gasteiger partial charge < -0.3 is 25.7 Å². The van der Waals surface area contributed by atoms with E-state index in [1.54, 1.807) is 23.4 Å². The molecule has 1 amide bonds. The highest BCUT2D eigenvalue weighted by Crippen LogP contribution is 2.27. The molecule has 1 aromatic heterocycles. The second-order valence-corrected chi connectivity index (χ2v) is 5.59. The van der Waals surface area contributed by atoms with Gasteiger partial charge in [0.15, 0.2) is 5.75 Å². The van der Waals surface area contributed by atoms with E-state index < -0.39 is 17.9 Å². The molecule has 0 radical (unpaired) electrons. The molecular formula is C16H17N5O4. The number of carbonyl (C=O) groups excluding carboxylic acids is 1. The maximum absolute atomic E-state index is 12.7. The number of aromatic nitrogens is 2. The zero-order chi connectivity index (χ0) is 18.0. The van der Waals surface area contributed by atoms with Crippen LogP contribution in [0.2, 0.25) is 0 Å². The maximum atomic E-state index is 12.7. The Morgan fingerprint density at radius 2 is 1.88 bits per heavy atom. The Labute approximate surface area is 143 Å². The van der Waals surface area contributed by atoms with Gasteiger partial charge in [0.2, 0.25) is 5.95 Å². The van der Waals surface area contributed by atoms with Crippen molar-refractivity contribution in [1.82, 2.24) is 14.9 Å². The number of anilines is 2. The molecule has 0 saturated carbocycles. The van der Waals surface area contributed by atoms with E-state index in [0.29, 0.717) is 12.5 Å². The number of hydrogen-bond donors (Lipinski definition) is 3. The lowest BCUT2D eigenvalue weighted by Gasteiger charge is -2.39. The Balaban J connectivity index is 1.86. The van der Waals surface area contributed by atoms with Crippen LogP contribution < -0.4 is 10.6 Å². The van der Waals surface area contributed by atoms with Crippen LogP contribution in [0.4, 0.5) is 11.6 Å². The molecule has 4 N–H and O–H groups in total. The molecule has 1 unspecified atom stereocenters. The molecule has 9 heteroatoms. The molecular weight excluding hydrogens is 326 g/mol. The van der Waals surface area contributed by atoms with E-state index in [-0.39, 0.29) is 30.1 Å². The highest BCUT2D eigenvalue weighted by Gasteiger charge is 2.37. The van der Waals surface area contributed by atoms with E-state index in [1.165, 1.54) is 23.1 Å². The average molecular weight is 343 g/mol. The summed E-state index contributed by atoms with van der Waals surface area (Å²) in [6.07, 6.45) is 3.14.